The van der Waals surface area contributed by atoms with Crippen molar-refractivity contribution < 1.29 is 4.79 Å². The fraction of sp³-hybridized carbons (Fsp3) is 0.368. The molecule has 0 spiro atoms. The standard InChI is InChI=1S/C19H22N4OS/c1-13-5-6-15(10-14(13)2)20-16-4-3-7-22(11-16)18(24)17-12-23-8-9-25-19(23)21-17/h5-6,8-10,12,16,20H,3-4,7,11H2,1-2H3/t16-/m0/s1. The molecule has 1 aliphatic rings. The van der Waals surface area contributed by atoms with Crippen molar-refractivity contribution >= 4 is 27.9 Å². The van der Waals surface area contributed by atoms with E-state index in [4.69, 9.17) is 0 Å². The number of rotatable bonds is 3. The molecule has 0 bridgehead atoms. The number of benzene rings is 1. The third-order valence-electron chi connectivity index (χ3n) is 4.90. The number of imidazole rings is 1. The number of piperidine rings is 1. The second-order valence-corrected chi connectivity index (χ2v) is 7.63. The highest BCUT2D eigenvalue weighted by Crippen LogP contribution is 2.20. The minimum Gasteiger partial charge on any atom is -0.381 e. The fourth-order valence-corrected chi connectivity index (χ4v) is 4.04. The van der Waals surface area contributed by atoms with E-state index in [0.717, 1.165) is 36.6 Å². The van der Waals surface area contributed by atoms with E-state index >= 15 is 0 Å². The summed E-state index contributed by atoms with van der Waals surface area (Å²) in [5.74, 6) is 0.0301. The maximum Gasteiger partial charge on any atom is 0.274 e. The minimum atomic E-state index is 0.0301. The van der Waals surface area contributed by atoms with Gasteiger partial charge in [0.2, 0.25) is 0 Å². The van der Waals surface area contributed by atoms with Crippen LogP contribution < -0.4 is 5.32 Å². The SMILES string of the molecule is Cc1ccc(N[C@H]2CCCN(C(=O)c3cn4ccsc4n3)C2)cc1C. The van der Waals surface area contributed by atoms with Crippen LogP contribution >= 0.6 is 11.3 Å². The first kappa shape index (κ1) is 16.1. The van der Waals surface area contributed by atoms with E-state index in [-0.39, 0.29) is 11.9 Å². The number of carbonyl (C=O) groups excluding carboxylic acids is 1. The molecule has 0 unspecified atom stereocenters. The van der Waals surface area contributed by atoms with Gasteiger partial charge in [0, 0.05) is 42.6 Å². The zero-order valence-electron chi connectivity index (χ0n) is 14.5. The third-order valence-corrected chi connectivity index (χ3v) is 5.67. The molecule has 1 N–H and O–H groups in total. The van der Waals surface area contributed by atoms with E-state index in [1.807, 2.05) is 27.1 Å². The van der Waals surface area contributed by atoms with Gasteiger partial charge in [-0.05, 0) is 49.9 Å². The summed E-state index contributed by atoms with van der Waals surface area (Å²) in [6.07, 6.45) is 5.85. The molecule has 2 aromatic heterocycles. The molecule has 3 heterocycles. The van der Waals surface area contributed by atoms with Crippen LogP contribution in [-0.2, 0) is 0 Å². The second kappa shape index (κ2) is 6.52. The number of nitrogens with one attached hydrogen (secondary N) is 1. The lowest BCUT2D eigenvalue weighted by molar-refractivity contribution is 0.0709. The van der Waals surface area contributed by atoms with E-state index in [1.54, 1.807) is 11.3 Å². The van der Waals surface area contributed by atoms with Gasteiger partial charge in [-0.1, -0.05) is 6.07 Å². The first-order valence-electron chi connectivity index (χ1n) is 8.65. The summed E-state index contributed by atoms with van der Waals surface area (Å²) in [4.78, 5) is 20.0. The van der Waals surface area contributed by atoms with E-state index in [1.165, 1.54) is 11.1 Å². The van der Waals surface area contributed by atoms with Gasteiger partial charge >= 0.3 is 0 Å². The Morgan fingerprint density at radius 2 is 2.20 bits per heavy atom. The monoisotopic (exact) mass is 354 g/mol. The van der Waals surface area contributed by atoms with Crippen LogP contribution in [0, 0.1) is 13.8 Å². The molecule has 1 aliphatic heterocycles. The van der Waals surface area contributed by atoms with Crippen molar-refractivity contribution in [3.63, 3.8) is 0 Å². The molecular formula is C19H22N4OS. The average Bonchev–Trinajstić information content (AvgIpc) is 3.20. The smallest absolute Gasteiger partial charge is 0.274 e. The van der Waals surface area contributed by atoms with Gasteiger partial charge in [0.15, 0.2) is 4.96 Å². The van der Waals surface area contributed by atoms with Crippen LogP contribution in [0.4, 0.5) is 5.69 Å². The summed E-state index contributed by atoms with van der Waals surface area (Å²) >= 11 is 1.55. The first-order chi connectivity index (χ1) is 12.1. The molecule has 25 heavy (non-hydrogen) atoms. The van der Waals surface area contributed by atoms with Crippen LogP contribution in [-0.4, -0.2) is 39.3 Å². The number of likely N-dealkylation sites (tertiary alicyclic amines) is 1. The number of nitrogens with zero attached hydrogens (tertiary/aromatic N) is 3. The predicted octanol–water partition coefficient (Wildman–Crippen LogP) is 3.73. The van der Waals surface area contributed by atoms with Gasteiger partial charge < -0.3 is 10.2 Å². The van der Waals surface area contributed by atoms with Crippen molar-refractivity contribution in [3.05, 3.63) is 52.8 Å². The molecular weight excluding hydrogens is 332 g/mol. The maximum atomic E-state index is 12.8. The molecule has 1 fully saturated rings. The summed E-state index contributed by atoms with van der Waals surface area (Å²) < 4.78 is 1.91. The van der Waals surface area contributed by atoms with Crippen molar-refractivity contribution in [1.82, 2.24) is 14.3 Å². The first-order valence-corrected chi connectivity index (χ1v) is 9.53. The Hall–Kier alpha value is -2.34. The summed E-state index contributed by atoms with van der Waals surface area (Å²) in [6.45, 7) is 5.77. The highest BCUT2D eigenvalue weighted by Gasteiger charge is 2.26. The van der Waals surface area contributed by atoms with Crippen molar-refractivity contribution in [2.24, 2.45) is 0 Å². The van der Waals surface area contributed by atoms with Gasteiger partial charge in [-0.3, -0.25) is 9.20 Å². The summed E-state index contributed by atoms with van der Waals surface area (Å²) in [5, 5.41) is 5.56. The molecule has 0 aliphatic carbocycles. The van der Waals surface area contributed by atoms with E-state index in [9.17, 15) is 4.79 Å². The Labute approximate surface area is 151 Å². The molecule has 5 nitrogen and oxygen atoms in total. The Balaban J connectivity index is 1.45. The molecule has 130 valence electrons. The molecule has 4 rings (SSSR count). The topological polar surface area (TPSA) is 49.6 Å². The number of thiazole rings is 1. The molecule has 1 amide bonds. The van der Waals surface area contributed by atoms with E-state index in [0.29, 0.717) is 5.69 Å². The lowest BCUT2D eigenvalue weighted by Crippen LogP contribution is -2.45. The van der Waals surface area contributed by atoms with Gasteiger partial charge in [-0.25, -0.2) is 4.98 Å². The van der Waals surface area contributed by atoms with Crippen molar-refractivity contribution in [3.8, 4) is 0 Å². The Morgan fingerprint density at radius 1 is 1.32 bits per heavy atom. The molecule has 1 saturated heterocycles. The quantitative estimate of drug-likeness (QED) is 0.780. The highest BCUT2D eigenvalue weighted by atomic mass is 32.1. The lowest BCUT2D eigenvalue weighted by Gasteiger charge is -2.33. The van der Waals surface area contributed by atoms with Crippen LogP contribution in [0.15, 0.2) is 36.0 Å². The largest absolute Gasteiger partial charge is 0.381 e. The zero-order valence-corrected chi connectivity index (χ0v) is 15.3. The Kier molecular flexibility index (Phi) is 4.21. The number of amides is 1. The molecule has 0 radical (unpaired) electrons. The van der Waals surface area contributed by atoms with Gasteiger partial charge in [-0.15, -0.1) is 11.3 Å². The normalized spacial score (nSPS) is 17.8. The van der Waals surface area contributed by atoms with Gasteiger partial charge in [-0.2, -0.15) is 0 Å². The van der Waals surface area contributed by atoms with Crippen molar-refractivity contribution in [2.45, 2.75) is 32.7 Å². The Bertz CT molecular complexity index is 885. The van der Waals surface area contributed by atoms with Crippen LogP contribution in [0.5, 0.6) is 0 Å². The van der Waals surface area contributed by atoms with Crippen molar-refractivity contribution in [2.75, 3.05) is 18.4 Å². The summed E-state index contributed by atoms with van der Waals surface area (Å²) in [6, 6.07) is 6.72. The van der Waals surface area contributed by atoms with Crippen LogP contribution in [0.2, 0.25) is 0 Å². The number of anilines is 1. The van der Waals surface area contributed by atoms with Crippen molar-refractivity contribution in [1.29, 1.82) is 0 Å². The number of carbonyl (C=O) groups is 1. The van der Waals surface area contributed by atoms with Gasteiger partial charge in [0.05, 0.1) is 0 Å². The van der Waals surface area contributed by atoms with Crippen LogP contribution in [0.25, 0.3) is 4.96 Å². The van der Waals surface area contributed by atoms with Gasteiger partial charge in [0.25, 0.3) is 5.91 Å². The molecule has 1 atom stereocenters. The highest BCUT2D eigenvalue weighted by molar-refractivity contribution is 7.15. The lowest BCUT2D eigenvalue weighted by atomic mass is 10.0. The predicted molar refractivity (Wildman–Crippen MR) is 102 cm³/mol. The third kappa shape index (κ3) is 3.26. The Morgan fingerprint density at radius 3 is 3.00 bits per heavy atom. The summed E-state index contributed by atoms with van der Waals surface area (Å²) in [7, 11) is 0. The van der Waals surface area contributed by atoms with E-state index < -0.39 is 0 Å². The van der Waals surface area contributed by atoms with Crippen LogP contribution in [0.3, 0.4) is 0 Å². The molecule has 1 aromatic carbocycles. The zero-order chi connectivity index (χ0) is 17.4. The van der Waals surface area contributed by atoms with E-state index in [2.05, 4.69) is 42.3 Å². The molecule has 3 aromatic rings. The number of aryl methyl sites for hydroxylation is 2. The number of hydrogen-bond acceptors (Lipinski definition) is 4. The second-order valence-electron chi connectivity index (χ2n) is 6.75. The van der Waals surface area contributed by atoms with Gasteiger partial charge in [0.1, 0.15) is 5.69 Å². The molecule has 6 heteroatoms. The number of hydrogen-bond donors (Lipinski definition) is 1. The van der Waals surface area contributed by atoms with Crippen LogP contribution in [0.1, 0.15) is 34.5 Å². The minimum absolute atomic E-state index is 0.0301. The maximum absolute atomic E-state index is 12.8. The number of aromatic nitrogens is 2. The average molecular weight is 354 g/mol. The fourth-order valence-electron chi connectivity index (χ4n) is 3.34. The summed E-state index contributed by atoms with van der Waals surface area (Å²) in [5.41, 5.74) is 4.25. The number of fused-ring (bicyclic) bond motifs is 1. The molecule has 0 saturated carbocycles.